The Kier molecular flexibility index (Phi) is 29.3. The highest BCUT2D eigenvalue weighted by Gasteiger charge is 2.36. The summed E-state index contributed by atoms with van der Waals surface area (Å²) in [5.41, 5.74) is 24.2. The number of nitrogens with one attached hydrogen (secondary N) is 7. The highest BCUT2D eigenvalue weighted by molar-refractivity contribution is 5.98. The van der Waals surface area contributed by atoms with Crippen LogP contribution in [0.4, 0.5) is 0 Å². The molecule has 0 heterocycles. The molecule has 0 fully saturated rings. The molecule has 428 valence electrons. The quantitative estimate of drug-likeness (QED) is 0.0367. The summed E-state index contributed by atoms with van der Waals surface area (Å²) in [7, 11) is 0. The van der Waals surface area contributed by atoms with Crippen LogP contribution in [-0.4, -0.2) is 141 Å². The van der Waals surface area contributed by atoms with Crippen LogP contribution in [-0.2, 0) is 60.8 Å². The third-order valence-electron chi connectivity index (χ3n) is 13.1. The predicted molar refractivity (Wildman–Crippen MR) is 283 cm³/mol. The topological polar surface area (TPSA) is 440 Å². The van der Waals surface area contributed by atoms with E-state index in [1.54, 1.807) is 52.0 Å². The van der Waals surface area contributed by atoms with Gasteiger partial charge in [-0.15, -0.1) is 0 Å². The van der Waals surface area contributed by atoms with Crippen LogP contribution in [0.25, 0.3) is 0 Å². The van der Waals surface area contributed by atoms with Crippen molar-refractivity contribution in [3.8, 4) is 11.5 Å². The smallest absolute Gasteiger partial charge is 0.326 e. The van der Waals surface area contributed by atoms with Crippen LogP contribution in [0.3, 0.4) is 0 Å². The number of phenolic OH excluding ortho intramolecular Hbond substituents is 2. The number of unbranched alkanes of at least 4 members (excludes halogenated alkanes) is 2. The molecule has 0 unspecified atom stereocenters. The minimum absolute atomic E-state index is 0.00289. The number of hydrogen-bond donors (Lipinski definition) is 15. The Hall–Kier alpha value is -7.38. The number of aliphatic carboxylic acids is 2. The van der Waals surface area contributed by atoms with Crippen molar-refractivity contribution in [2.24, 2.45) is 34.8 Å². The number of carbonyl (C=O) groups is 10. The van der Waals surface area contributed by atoms with Gasteiger partial charge in [0.15, 0.2) is 0 Å². The molecule has 0 spiro atoms. The van der Waals surface area contributed by atoms with Crippen molar-refractivity contribution in [1.29, 1.82) is 0 Å². The first-order valence-electron chi connectivity index (χ1n) is 26.0. The molecule has 0 aliphatic rings. The zero-order chi connectivity index (χ0) is 57.8. The van der Waals surface area contributed by atoms with Crippen molar-refractivity contribution in [3.05, 3.63) is 59.7 Å². The summed E-state index contributed by atoms with van der Waals surface area (Å²) >= 11 is 0. The molecule has 77 heavy (non-hydrogen) atoms. The van der Waals surface area contributed by atoms with E-state index in [1.165, 1.54) is 24.3 Å². The Morgan fingerprint density at radius 1 is 0.468 bits per heavy atom. The fourth-order valence-corrected chi connectivity index (χ4v) is 7.92. The molecule has 8 amide bonds. The van der Waals surface area contributed by atoms with Crippen molar-refractivity contribution in [1.82, 2.24) is 37.2 Å². The van der Waals surface area contributed by atoms with Crippen LogP contribution in [0.2, 0.25) is 0 Å². The van der Waals surface area contributed by atoms with Crippen molar-refractivity contribution in [2.75, 3.05) is 13.1 Å². The first-order valence-corrected chi connectivity index (χ1v) is 26.0. The van der Waals surface area contributed by atoms with E-state index < -0.39 is 145 Å². The molecule has 0 saturated heterocycles. The number of carboxylic acids is 2. The molecule has 10 atom stereocenters. The van der Waals surface area contributed by atoms with Gasteiger partial charge in [0.2, 0.25) is 47.3 Å². The zero-order valence-electron chi connectivity index (χ0n) is 44.4. The molecule has 25 heteroatoms. The number of carboxylic acid groups (broad SMARTS) is 2. The summed E-state index contributed by atoms with van der Waals surface area (Å²) in [6.45, 7) is 7.22. The Labute approximate surface area is 448 Å². The van der Waals surface area contributed by atoms with E-state index in [2.05, 4.69) is 37.2 Å². The SMILES string of the molecule is CC[C@H](C)[C@H](NC(=O)[C@H](CCCCN)NC(=O)[C@H](CCC(N)=O)NC(=O)[C@H](CCC(=O)O)NC(=O)[C@H](CCCCN)NC(=O)[C@@H](NC(=O)[C@H](Cc1ccc(O)cc1)NC(=O)[C@@H](N)Cc1ccc(O)cc1)[C@@H](C)CC)C(=O)O. The van der Waals surface area contributed by atoms with E-state index in [1.807, 2.05) is 0 Å². The number of phenols is 2. The average Bonchev–Trinajstić information content (AvgIpc) is 3.38. The van der Waals surface area contributed by atoms with Gasteiger partial charge in [0.25, 0.3) is 0 Å². The van der Waals surface area contributed by atoms with Crippen molar-refractivity contribution >= 4 is 59.2 Å². The van der Waals surface area contributed by atoms with Gasteiger partial charge in [0.05, 0.1) is 6.04 Å². The number of rotatable bonds is 37. The molecule has 0 aliphatic carbocycles. The summed E-state index contributed by atoms with van der Waals surface area (Å²) in [6.07, 6.45) is -0.0475. The van der Waals surface area contributed by atoms with Crippen LogP contribution in [0.5, 0.6) is 11.5 Å². The largest absolute Gasteiger partial charge is 0.508 e. The second-order valence-corrected chi connectivity index (χ2v) is 19.2. The number of carbonyl (C=O) groups excluding carboxylic acids is 8. The summed E-state index contributed by atoms with van der Waals surface area (Å²) in [5, 5.41) is 57.0. The molecule has 0 aromatic heterocycles. The molecule has 0 bridgehead atoms. The molecular weight excluding hydrogens is 1000 g/mol. The van der Waals surface area contributed by atoms with Crippen LogP contribution >= 0.6 is 0 Å². The van der Waals surface area contributed by atoms with Crippen molar-refractivity contribution in [2.45, 2.75) is 166 Å². The number of amides is 8. The molecule has 0 saturated carbocycles. The number of aromatic hydroxyl groups is 2. The molecule has 2 aromatic carbocycles. The van der Waals surface area contributed by atoms with E-state index in [4.69, 9.17) is 22.9 Å². The lowest BCUT2D eigenvalue weighted by Gasteiger charge is -2.29. The van der Waals surface area contributed by atoms with Crippen LogP contribution in [0, 0.1) is 11.8 Å². The van der Waals surface area contributed by atoms with E-state index in [0.717, 1.165) is 0 Å². The second-order valence-electron chi connectivity index (χ2n) is 19.2. The third kappa shape index (κ3) is 24.0. The Bertz CT molecular complexity index is 2270. The lowest BCUT2D eigenvalue weighted by Crippen LogP contribution is -2.61. The van der Waals surface area contributed by atoms with Gasteiger partial charge in [-0.25, -0.2) is 4.79 Å². The number of benzene rings is 2. The minimum Gasteiger partial charge on any atom is -0.508 e. The molecule has 0 radical (unpaired) electrons. The monoisotopic (exact) mass is 1080 g/mol. The maximum atomic E-state index is 14.4. The van der Waals surface area contributed by atoms with Gasteiger partial charge < -0.3 is 80.6 Å². The fraction of sp³-hybridized carbons (Fsp3) is 0.577. The molecule has 0 aliphatic heterocycles. The van der Waals surface area contributed by atoms with Crippen molar-refractivity contribution < 1.29 is 68.4 Å². The minimum atomic E-state index is -1.68. The van der Waals surface area contributed by atoms with E-state index in [-0.39, 0.29) is 56.7 Å². The highest BCUT2D eigenvalue weighted by Crippen LogP contribution is 2.17. The second kappa shape index (κ2) is 34.3. The molecule has 2 aromatic rings. The van der Waals surface area contributed by atoms with Crippen LogP contribution in [0.15, 0.2) is 48.5 Å². The number of hydrogen-bond acceptors (Lipinski definition) is 15. The highest BCUT2D eigenvalue weighted by atomic mass is 16.4. The predicted octanol–water partition coefficient (Wildman–Crippen LogP) is -0.831. The van der Waals surface area contributed by atoms with E-state index in [0.29, 0.717) is 43.2 Å². The van der Waals surface area contributed by atoms with Gasteiger partial charge in [-0.2, -0.15) is 0 Å². The molecule has 2 rings (SSSR count). The first kappa shape index (κ1) is 65.7. The van der Waals surface area contributed by atoms with Gasteiger partial charge in [0.1, 0.15) is 53.8 Å². The van der Waals surface area contributed by atoms with E-state index >= 15 is 0 Å². The van der Waals surface area contributed by atoms with E-state index in [9.17, 15) is 68.4 Å². The summed E-state index contributed by atoms with van der Waals surface area (Å²) < 4.78 is 0. The Morgan fingerprint density at radius 3 is 1.25 bits per heavy atom. The standard InChI is InChI=1S/C52H81N11O14/c1-5-29(3)43(62-50(74)40(28-32-15-19-34(65)20-16-32)61-45(69)35(55)27-31-13-17-33(64)18-14-31)51(75)60-36(11-7-9-25-53)46(70)59-39(22-24-42(67)68)48(72)58-38(21-23-41(56)66)47(71)57-37(12-8-10-26-54)49(73)63-44(52(76)77)30(4)6-2/h13-20,29-30,35-40,43-44,64-65H,5-12,21-28,53-55H2,1-4H3,(H2,56,66)(H,57,71)(H,58,72)(H,59,70)(H,60,75)(H,61,69)(H,62,74)(H,63,73)(H,67,68)(H,76,77)/t29-,30-,35-,36-,37-,38-,39-,40-,43-,44-/m0/s1. The van der Waals surface area contributed by atoms with Gasteiger partial charge >= 0.3 is 11.9 Å². The van der Waals surface area contributed by atoms with Crippen molar-refractivity contribution in [3.63, 3.8) is 0 Å². The third-order valence-corrected chi connectivity index (χ3v) is 13.1. The number of primary amides is 1. The van der Waals surface area contributed by atoms with Crippen LogP contribution in [0.1, 0.15) is 116 Å². The first-order chi connectivity index (χ1) is 36.4. The summed E-state index contributed by atoms with van der Waals surface area (Å²) in [5.74, 6) is -10.9. The molecular formula is C52H81N11O14. The molecule has 25 nitrogen and oxygen atoms in total. The van der Waals surface area contributed by atoms with Gasteiger partial charge in [-0.1, -0.05) is 64.8 Å². The van der Waals surface area contributed by atoms with Gasteiger partial charge in [-0.3, -0.25) is 43.2 Å². The number of nitrogens with two attached hydrogens (primary N) is 4. The average molecular weight is 1080 g/mol. The van der Waals surface area contributed by atoms with Crippen LogP contribution < -0.4 is 60.2 Å². The van der Waals surface area contributed by atoms with Gasteiger partial charge in [-0.05, 0) is 118 Å². The van der Waals surface area contributed by atoms with Gasteiger partial charge in [0, 0.05) is 19.3 Å². The fourth-order valence-electron chi connectivity index (χ4n) is 7.92. The Balaban J connectivity index is 2.47. The zero-order valence-corrected chi connectivity index (χ0v) is 44.4. The lowest BCUT2D eigenvalue weighted by molar-refractivity contribution is -0.144. The summed E-state index contributed by atoms with van der Waals surface area (Å²) in [6, 6.07) is 0.763. The molecule has 19 N–H and O–H groups in total. The normalized spacial score (nSPS) is 15.0. The summed E-state index contributed by atoms with van der Waals surface area (Å²) in [4.78, 5) is 134. The maximum Gasteiger partial charge on any atom is 0.326 e. The Morgan fingerprint density at radius 2 is 0.831 bits per heavy atom. The maximum absolute atomic E-state index is 14.4. The lowest BCUT2D eigenvalue weighted by atomic mass is 9.96.